The monoisotopic (exact) mass is 450 g/mol. The second kappa shape index (κ2) is 9.65. The van der Waals surface area contributed by atoms with E-state index in [9.17, 15) is 27.6 Å². The second-order valence-corrected chi connectivity index (χ2v) is 7.65. The number of nitrogens with zero attached hydrogens (tertiary/aromatic N) is 1. The molecule has 1 unspecified atom stereocenters. The molecular weight excluding hydrogens is 433 g/mol. The molecule has 11 heteroatoms. The molecule has 2 aromatic carbocycles. The first-order chi connectivity index (χ1) is 14.7. The number of hydrogen-bond acceptors (Lipinski definition) is 5. The number of benzene rings is 2. The van der Waals surface area contributed by atoms with Gasteiger partial charge in [-0.3, -0.25) is 14.4 Å². The normalized spacial score (nSPS) is 16.2. The molecule has 1 aliphatic rings. The average molecular weight is 450 g/mol. The average Bonchev–Trinajstić information content (AvgIpc) is 2.74. The maximum Gasteiger partial charge on any atom is 0.418 e. The molecule has 0 aliphatic carbocycles. The molecule has 3 amide bonds. The summed E-state index contributed by atoms with van der Waals surface area (Å²) in [4.78, 5) is 36.6. The summed E-state index contributed by atoms with van der Waals surface area (Å²) in [6.07, 6.45) is -4.88. The third-order valence-electron chi connectivity index (χ3n) is 4.19. The fourth-order valence-electron chi connectivity index (χ4n) is 2.68. The van der Waals surface area contributed by atoms with Crippen molar-refractivity contribution in [1.29, 1.82) is 0 Å². The minimum atomic E-state index is -4.65. The Balaban J connectivity index is 1.61. The van der Waals surface area contributed by atoms with E-state index in [0.29, 0.717) is 11.8 Å². The largest absolute Gasteiger partial charge is 0.418 e. The first-order valence-corrected chi connectivity index (χ1v) is 9.94. The van der Waals surface area contributed by atoms with Crippen LogP contribution in [0.15, 0.2) is 59.7 Å². The predicted molar refractivity (Wildman–Crippen MR) is 110 cm³/mol. The predicted octanol–water partition coefficient (Wildman–Crippen LogP) is 2.90. The first-order valence-electron chi connectivity index (χ1n) is 9.06. The smallest absolute Gasteiger partial charge is 0.352 e. The molecule has 3 rings (SSSR count). The molecule has 0 aromatic heterocycles. The van der Waals surface area contributed by atoms with Crippen molar-refractivity contribution in [1.82, 2.24) is 10.7 Å². The zero-order valence-corrected chi connectivity index (χ0v) is 16.7. The summed E-state index contributed by atoms with van der Waals surface area (Å²) in [5, 5.41) is 7.24. The van der Waals surface area contributed by atoms with Gasteiger partial charge in [-0.25, -0.2) is 5.43 Å². The molecule has 1 heterocycles. The molecule has 0 saturated carbocycles. The number of carbonyl (C=O) groups is 3. The quantitative estimate of drug-likeness (QED) is 0.630. The van der Waals surface area contributed by atoms with E-state index in [1.165, 1.54) is 12.1 Å². The van der Waals surface area contributed by atoms with Crippen LogP contribution in [0.4, 0.5) is 18.9 Å². The number of thioether (sulfide) groups is 1. The van der Waals surface area contributed by atoms with Gasteiger partial charge in [0.25, 0.3) is 11.8 Å². The van der Waals surface area contributed by atoms with Crippen LogP contribution in [-0.4, -0.2) is 28.0 Å². The number of halogens is 3. The fraction of sp³-hybridized carbons (Fsp3) is 0.200. The Kier molecular flexibility index (Phi) is 6.95. The van der Waals surface area contributed by atoms with E-state index < -0.39 is 40.4 Å². The van der Waals surface area contributed by atoms with Crippen LogP contribution in [0.2, 0.25) is 0 Å². The maximum absolute atomic E-state index is 13.1. The Morgan fingerprint density at radius 2 is 1.74 bits per heavy atom. The first kappa shape index (κ1) is 22.3. The maximum atomic E-state index is 13.1. The topological polar surface area (TPSA) is 99.7 Å². The van der Waals surface area contributed by atoms with Gasteiger partial charge in [-0.05, 0) is 17.7 Å². The summed E-state index contributed by atoms with van der Waals surface area (Å²) in [7, 11) is 0. The van der Waals surface area contributed by atoms with E-state index in [2.05, 4.69) is 21.2 Å². The van der Waals surface area contributed by atoms with Crippen molar-refractivity contribution in [3.05, 3.63) is 65.7 Å². The number of nitrogens with one attached hydrogen (secondary N) is 3. The molecule has 1 atom stereocenters. The Labute approximate surface area is 179 Å². The Hall–Kier alpha value is -3.34. The molecule has 0 saturated heterocycles. The number of para-hydroxylation sites is 1. The Morgan fingerprint density at radius 1 is 1.06 bits per heavy atom. The molecule has 31 heavy (non-hydrogen) atoms. The van der Waals surface area contributed by atoms with Gasteiger partial charge in [0.2, 0.25) is 5.91 Å². The highest BCUT2D eigenvalue weighted by Gasteiger charge is 2.35. The van der Waals surface area contributed by atoms with Gasteiger partial charge >= 0.3 is 6.18 Å². The molecular formula is C20H17F3N4O3S. The number of hydrazone groups is 1. The van der Waals surface area contributed by atoms with E-state index in [-0.39, 0.29) is 18.0 Å². The molecule has 162 valence electrons. The van der Waals surface area contributed by atoms with E-state index >= 15 is 0 Å². The lowest BCUT2D eigenvalue weighted by Crippen LogP contribution is -2.41. The van der Waals surface area contributed by atoms with Crippen LogP contribution in [0, 0.1) is 0 Å². The SMILES string of the molecule is O=C(CC1SC(C(=O)Nc2ccccc2C(F)(F)F)=NNC1=O)NCc1ccccc1. The Bertz CT molecular complexity index is 1010. The summed E-state index contributed by atoms with van der Waals surface area (Å²) in [6.45, 7) is 0.272. The number of anilines is 1. The van der Waals surface area contributed by atoms with Gasteiger partial charge in [-0.15, -0.1) is 0 Å². The highest BCUT2D eigenvalue weighted by atomic mass is 32.2. The van der Waals surface area contributed by atoms with E-state index in [1.807, 2.05) is 30.3 Å². The lowest BCUT2D eigenvalue weighted by atomic mass is 10.1. The third-order valence-corrected chi connectivity index (χ3v) is 5.36. The molecule has 2 aromatic rings. The summed E-state index contributed by atoms with van der Waals surface area (Å²) in [5.41, 5.74) is 1.57. The van der Waals surface area contributed by atoms with E-state index in [4.69, 9.17) is 0 Å². The van der Waals surface area contributed by atoms with Crippen molar-refractivity contribution < 1.29 is 27.6 Å². The summed E-state index contributed by atoms with van der Waals surface area (Å²) in [5.74, 6) is -1.91. The number of hydrogen-bond donors (Lipinski definition) is 3. The van der Waals surface area contributed by atoms with Crippen LogP contribution in [0.1, 0.15) is 17.5 Å². The van der Waals surface area contributed by atoms with Crippen molar-refractivity contribution in [2.24, 2.45) is 5.10 Å². The van der Waals surface area contributed by atoms with Gasteiger partial charge in [0.05, 0.1) is 11.3 Å². The van der Waals surface area contributed by atoms with Gasteiger partial charge in [-0.2, -0.15) is 18.3 Å². The molecule has 7 nitrogen and oxygen atoms in total. The zero-order valence-electron chi connectivity index (χ0n) is 15.9. The Morgan fingerprint density at radius 3 is 2.45 bits per heavy atom. The molecule has 1 aliphatic heterocycles. The minimum absolute atomic E-state index is 0.227. The highest BCUT2D eigenvalue weighted by Crippen LogP contribution is 2.34. The minimum Gasteiger partial charge on any atom is -0.352 e. The van der Waals surface area contributed by atoms with Crippen LogP contribution in [0.5, 0.6) is 0 Å². The van der Waals surface area contributed by atoms with Crippen LogP contribution in [0.3, 0.4) is 0 Å². The standard InChI is InChI=1S/C20H17F3N4O3S/c21-20(22,23)13-8-4-5-9-14(13)25-18(30)19-27-26-17(29)15(31-19)10-16(28)24-11-12-6-2-1-3-7-12/h1-9,15H,10-11H2,(H,24,28)(H,25,30)(H,26,29). The van der Waals surface area contributed by atoms with Crippen LogP contribution in [-0.2, 0) is 27.1 Å². The van der Waals surface area contributed by atoms with Crippen molar-refractivity contribution in [2.75, 3.05) is 5.32 Å². The van der Waals surface area contributed by atoms with E-state index in [0.717, 1.165) is 17.7 Å². The van der Waals surface area contributed by atoms with Gasteiger partial charge in [0.15, 0.2) is 5.04 Å². The van der Waals surface area contributed by atoms with Crippen LogP contribution < -0.4 is 16.1 Å². The van der Waals surface area contributed by atoms with Crippen molar-refractivity contribution >= 4 is 40.2 Å². The zero-order chi connectivity index (χ0) is 22.4. The van der Waals surface area contributed by atoms with E-state index in [1.54, 1.807) is 0 Å². The van der Waals surface area contributed by atoms with Gasteiger partial charge in [0, 0.05) is 13.0 Å². The summed E-state index contributed by atoms with van der Waals surface area (Å²) < 4.78 is 39.3. The number of alkyl halides is 3. The molecule has 0 spiro atoms. The number of carbonyl (C=O) groups excluding carboxylic acids is 3. The molecule has 0 radical (unpaired) electrons. The van der Waals surface area contributed by atoms with Gasteiger partial charge in [0.1, 0.15) is 5.25 Å². The summed E-state index contributed by atoms with van der Waals surface area (Å²) >= 11 is 0.714. The highest BCUT2D eigenvalue weighted by molar-refractivity contribution is 8.16. The third kappa shape index (κ3) is 6.07. The van der Waals surface area contributed by atoms with Crippen molar-refractivity contribution in [3.63, 3.8) is 0 Å². The van der Waals surface area contributed by atoms with Crippen LogP contribution >= 0.6 is 11.8 Å². The lowest BCUT2D eigenvalue weighted by molar-refractivity contribution is -0.137. The number of rotatable bonds is 6. The molecule has 0 bridgehead atoms. The molecule has 0 fully saturated rings. The van der Waals surface area contributed by atoms with Crippen LogP contribution in [0.25, 0.3) is 0 Å². The van der Waals surface area contributed by atoms with Crippen molar-refractivity contribution in [2.45, 2.75) is 24.4 Å². The molecule has 3 N–H and O–H groups in total. The second-order valence-electron chi connectivity index (χ2n) is 6.46. The van der Waals surface area contributed by atoms with Gasteiger partial charge in [-0.1, -0.05) is 54.2 Å². The van der Waals surface area contributed by atoms with Gasteiger partial charge < -0.3 is 10.6 Å². The van der Waals surface area contributed by atoms with Crippen molar-refractivity contribution in [3.8, 4) is 0 Å². The lowest BCUT2D eigenvalue weighted by Gasteiger charge is -2.20. The number of amides is 3. The summed E-state index contributed by atoms with van der Waals surface area (Å²) in [6, 6.07) is 13.7. The fourth-order valence-corrected chi connectivity index (χ4v) is 3.60.